The maximum atomic E-state index is 9.02. The predicted molar refractivity (Wildman–Crippen MR) is 76.0 cm³/mol. The molecule has 17 heavy (non-hydrogen) atoms. The molecule has 1 unspecified atom stereocenters. The molecule has 0 bridgehead atoms. The van der Waals surface area contributed by atoms with Crippen LogP contribution in [0.1, 0.15) is 18.9 Å². The van der Waals surface area contributed by atoms with E-state index in [-0.39, 0.29) is 6.61 Å². The largest absolute Gasteiger partial charge is 0.392 e. The van der Waals surface area contributed by atoms with Crippen LogP contribution in [0.25, 0.3) is 0 Å². The van der Waals surface area contributed by atoms with Crippen molar-refractivity contribution in [3.8, 4) is 0 Å². The minimum atomic E-state index is -0.0290. The van der Waals surface area contributed by atoms with E-state index < -0.39 is 0 Å². The molecule has 1 rings (SSSR count). The van der Waals surface area contributed by atoms with Gasteiger partial charge < -0.3 is 10.0 Å². The van der Waals surface area contributed by atoms with E-state index in [1.807, 2.05) is 18.8 Å². The van der Waals surface area contributed by atoms with E-state index in [9.17, 15) is 0 Å². The summed E-state index contributed by atoms with van der Waals surface area (Å²) in [6.07, 6.45) is 4.82. The normalized spacial score (nSPS) is 12.5. The SMILES string of the molecule is CCC(CSC)N(C)c1ncc(CO)cc1Cl. The van der Waals surface area contributed by atoms with Gasteiger partial charge in [-0.25, -0.2) is 4.98 Å². The van der Waals surface area contributed by atoms with Crippen LogP contribution in [0.5, 0.6) is 0 Å². The molecule has 1 heterocycles. The number of thioether (sulfide) groups is 1. The fourth-order valence-corrected chi connectivity index (χ4v) is 2.85. The molecule has 0 spiro atoms. The Labute approximate surface area is 112 Å². The molecule has 0 saturated carbocycles. The number of pyridine rings is 1. The summed E-state index contributed by atoms with van der Waals surface area (Å²) in [7, 11) is 2.01. The van der Waals surface area contributed by atoms with Gasteiger partial charge in [0, 0.05) is 25.0 Å². The first kappa shape index (κ1) is 14.6. The fraction of sp³-hybridized carbons (Fsp3) is 0.583. The van der Waals surface area contributed by atoms with E-state index >= 15 is 0 Å². The minimum Gasteiger partial charge on any atom is -0.392 e. The third kappa shape index (κ3) is 3.76. The molecule has 0 saturated heterocycles. The van der Waals surface area contributed by atoms with Gasteiger partial charge in [-0.3, -0.25) is 0 Å². The third-order valence-electron chi connectivity index (χ3n) is 2.77. The fourth-order valence-electron chi connectivity index (χ4n) is 1.69. The highest BCUT2D eigenvalue weighted by Gasteiger charge is 2.16. The smallest absolute Gasteiger partial charge is 0.147 e. The van der Waals surface area contributed by atoms with E-state index in [0.29, 0.717) is 11.1 Å². The number of anilines is 1. The van der Waals surface area contributed by atoms with E-state index in [0.717, 1.165) is 23.6 Å². The Kier molecular flexibility index (Phi) is 6.09. The average Bonchev–Trinajstić information content (AvgIpc) is 2.35. The summed E-state index contributed by atoms with van der Waals surface area (Å²) in [5.74, 6) is 1.83. The van der Waals surface area contributed by atoms with Crippen LogP contribution in [-0.4, -0.2) is 35.2 Å². The van der Waals surface area contributed by atoms with Crippen molar-refractivity contribution in [3.63, 3.8) is 0 Å². The Balaban J connectivity index is 2.90. The summed E-state index contributed by atoms with van der Waals surface area (Å²) in [6, 6.07) is 2.20. The zero-order valence-corrected chi connectivity index (χ0v) is 12.1. The van der Waals surface area contributed by atoms with Gasteiger partial charge in [0.25, 0.3) is 0 Å². The number of nitrogens with zero attached hydrogens (tertiary/aromatic N) is 2. The summed E-state index contributed by atoms with van der Waals surface area (Å²) < 4.78 is 0. The van der Waals surface area contributed by atoms with Crippen LogP contribution >= 0.6 is 23.4 Å². The van der Waals surface area contributed by atoms with Crippen molar-refractivity contribution in [2.24, 2.45) is 0 Å². The monoisotopic (exact) mass is 274 g/mol. The van der Waals surface area contributed by atoms with E-state index in [4.69, 9.17) is 16.7 Å². The van der Waals surface area contributed by atoms with Gasteiger partial charge in [0.1, 0.15) is 5.82 Å². The highest BCUT2D eigenvalue weighted by atomic mass is 35.5. The number of hydrogen-bond acceptors (Lipinski definition) is 4. The van der Waals surface area contributed by atoms with Crippen molar-refractivity contribution in [1.29, 1.82) is 0 Å². The molecule has 1 aromatic heterocycles. The number of rotatable bonds is 6. The van der Waals surface area contributed by atoms with E-state index in [1.165, 1.54) is 0 Å². The average molecular weight is 275 g/mol. The first-order chi connectivity index (χ1) is 8.13. The van der Waals surface area contributed by atoms with Gasteiger partial charge in [-0.1, -0.05) is 18.5 Å². The third-order valence-corrected chi connectivity index (χ3v) is 3.77. The lowest BCUT2D eigenvalue weighted by atomic mass is 10.2. The highest BCUT2D eigenvalue weighted by Crippen LogP contribution is 2.26. The van der Waals surface area contributed by atoms with Crippen LogP contribution < -0.4 is 4.90 Å². The molecule has 1 atom stereocenters. The zero-order chi connectivity index (χ0) is 12.8. The Morgan fingerprint density at radius 2 is 2.29 bits per heavy atom. The van der Waals surface area contributed by atoms with Crippen molar-refractivity contribution in [1.82, 2.24) is 4.98 Å². The lowest BCUT2D eigenvalue weighted by Gasteiger charge is -2.28. The highest BCUT2D eigenvalue weighted by molar-refractivity contribution is 7.98. The molecule has 0 aromatic carbocycles. The Morgan fingerprint density at radius 1 is 1.59 bits per heavy atom. The van der Waals surface area contributed by atoms with E-state index in [1.54, 1.807) is 12.3 Å². The standard InChI is InChI=1S/C12H19ClN2OS/c1-4-10(8-17-3)15(2)12-11(13)5-9(7-16)6-14-12/h5-6,10,16H,4,7-8H2,1-3H3. The number of aliphatic hydroxyl groups is 1. The van der Waals surface area contributed by atoms with Crippen LogP contribution in [0.2, 0.25) is 5.02 Å². The van der Waals surface area contributed by atoms with Gasteiger partial charge in [0.15, 0.2) is 0 Å². The summed E-state index contributed by atoms with van der Waals surface area (Å²) in [6.45, 7) is 2.13. The van der Waals surface area contributed by atoms with Crippen molar-refractivity contribution in [2.45, 2.75) is 26.0 Å². The molecular formula is C12H19ClN2OS. The second kappa shape index (κ2) is 7.09. The molecule has 96 valence electrons. The van der Waals surface area contributed by atoms with Gasteiger partial charge in [-0.2, -0.15) is 11.8 Å². The minimum absolute atomic E-state index is 0.0290. The van der Waals surface area contributed by atoms with Gasteiger partial charge in [-0.05, 0) is 24.3 Å². The molecule has 0 radical (unpaired) electrons. The molecular weight excluding hydrogens is 256 g/mol. The van der Waals surface area contributed by atoms with Gasteiger partial charge in [0.05, 0.1) is 11.6 Å². The molecule has 0 aliphatic heterocycles. The summed E-state index contributed by atoms with van der Waals surface area (Å²) in [5.41, 5.74) is 0.741. The predicted octanol–water partition coefficient (Wildman–Crippen LogP) is 2.81. The topological polar surface area (TPSA) is 36.4 Å². The van der Waals surface area contributed by atoms with E-state index in [2.05, 4.69) is 23.1 Å². The molecule has 0 aliphatic rings. The van der Waals surface area contributed by atoms with Crippen LogP contribution in [-0.2, 0) is 6.61 Å². The Bertz CT molecular complexity index is 362. The zero-order valence-electron chi connectivity index (χ0n) is 10.5. The molecule has 5 heteroatoms. The number of hydrogen-bond donors (Lipinski definition) is 1. The lowest BCUT2D eigenvalue weighted by Crippen LogP contribution is -2.34. The Morgan fingerprint density at radius 3 is 2.76 bits per heavy atom. The summed E-state index contributed by atoms with van der Waals surface area (Å²) in [5, 5.41) is 9.61. The van der Waals surface area contributed by atoms with Crippen LogP contribution in [0, 0.1) is 0 Å². The molecule has 0 fully saturated rings. The molecule has 1 aromatic rings. The van der Waals surface area contributed by atoms with Crippen LogP contribution in [0.3, 0.4) is 0 Å². The molecule has 3 nitrogen and oxygen atoms in total. The lowest BCUT2D eigenvalue weighted by molar-refractivity contribution is 0.281. The van der Waals surface area contributed by atoms with Crippen molar-refractivity contribution in [3.05, 3.63) is 22.8 Å². The summed E-state index contributed by atoms with van der Waals surface area (Å²) in [4.78, 5) is 6.44. The second-order valence-corrected chi connectivity index (χ2v) is 5.25. The second-order valence-electron chi connectivity index (χ2n) is 3.94. The maximum Gasteiger partial charge on any atom is 0.147 e. The number of aromatic nitrogens is 1. The maximum absolute atomic E-state index is 9.02. The molecule has 0 amide bonds. The van der Waals surface area contributed by atoms with Crippen molar-refractivity contribution >= 4 is 29.2 Å². The first-order valence-corrected chi connectivity index (χ1v) is 7.38. The van der Waals surface area contributed by atoms with Crippen LogP contribution in [0.4, 0.5) is 5.82 Å². The van der Waals surface area contributed by atoms with Gasteiger partial charge in [-0.15, -0.1) is 0 Å². The first-order valence-electron chi connectivity index (χ1n) is 5.61. The molecule has 1 N–H and O–H groups in total. The van der Waals surface area contributed by atoms with Crippen LogP contribution in [0.15, 0.2) is 12.3 Å². The Hall–Kier alpha value is -0.450. The van der Waals surface area contributed by atoms with Crippen molar-refractivity contribution in [2.75, 3.05) is 24.0 Å². The molecule has 0 aliphatic carbocycles. The quantitative estimate of drug-likeness (QED) is 0.865. The van der Waals surface area contributed by atoms with Crippen molar-refractivity contribution < 1.29 is 5.11 Å². The van der Waals surface area contributed by atoms with Gasteiger partial charge in [0.2, 0.25) is 0 Å². The van der Waals surface area contributed by atoms with Gasteiger partial charge >= 0.3 is 0 Å². The number of aliphatic hydroxyl groups excluding tert-OH is 1. The summed E-state index contributed by atoms with van der Waals surface area (Å²) >= 11 is 8.00. The number of halogens is 1.